The van der Waals surface area contributed by atoms with Gasteiger partial charge < -0.3 is 15.2 Å². The van der Waals surface area contributed by atoms with Crippen molar-refractivity contribution < 1.29 is 9.84 Å². The van der Waals surface area contributed by atoms with Crippen LogP contribution in [0.5, 0.6) is 0 Å². The Morgan fingerprint density at radius 3 is 3.19 bits per heavy atom. The molecule has 166 valence electrons. The van der Waals surface area contributed by atoms with Crippen LogP contribution in [0.3, 0.4) is 0 Å². The van der Waals surface area contributed by atoms with E-state index in [9.17, 15) is 5.11 Å². The molecule has 4 aromatic rings. The molecule has 1 saturated heterocycles. The second kappa shape index (κ2) is 7.60. The van der Waals surface area contributed by atoms with Crippen molar-refractivity contribution in [1.29, 1.82) is 0 Å². The number of thiophene rings is 1. The summed E-state index contributed by atoms with van der Waals surface area (Å²) in [5.74, 6) is 0. The number of rotatable bonds is 3. The van der Waals surface area contributed by atoms with Crippen molar-refractivity contribution in [2.45, 2.75) is 50.1 Å². The van der Waals surface area contributed by atoms with E-state index in [4.69, 9.17) is 16.3 Å². The van der Waals surface area contributed by atoms with Gasteiger partial charge in [-0.05, 0) is 19.4 Å². The van der Waals surface area contributed by atoms with Crippen LogP contribution in [0.15, 0.2) is 37.1 Å². The summed E-state index contributed by atoms with van der Waals surface area (Å²) in [4.78, 5) is 9.53. The zero-order valence-electron chi connectivity index (χ0n) is 17.3. The lowest BCUT2D eigenvalue weighted by Gasteiger charge is -2.46. The molecule has 2 aliphatic rings. The number of halogens is 1. The summed E-state index contributed by atoms with van der Waals surface area (Å²) in [6.07, 6.45) is 10.0. The maximum Gasteiger partial charge on any atom is 0.155 e. The first kappa shape index (κ1) is 20.3. The standard InChI is InChI=1S/C21H22ClN7O2S/c1-12-5-21(20-14(4-18(22)32-20)17(30)11-31-21)6-15(25-12)16-10-28(27-26-16)9-13-7-24-19-8-23-2-3-29(13)19/h2-4,7-8,10,12,15,17,25,30H,5-6,9,11H2,1H3/t12-,15-,17+,21-/m0/s1. The van der Waals surface area contributed by atoms with Crippen molar-refractivity contribution >= 4 is 28.6 Å². The Morgan fingerprint density at radius 2 is 2.28 bits per heavy atom. The van der Waals surface area contributed by atoms with Gasteiger partial charge in [0.05, 0.1) is 53.5 Å². The second-order valence-corrected chi connectivity index (χ2v) is 10.3. The topological polar surface area (TPSA) is 102 Å². The lowest BCUT2D eigenvalue weighted by molar-refractivity contribution is -0.129. The van der Waals surface area contributed by atoms with E-state index in [0.29, 0.717) is 17.3 Å². The number of hydrogen-bond acceptors (Lipinski definition) is 8. The second-order valence-electron chi connectivity index (χ2n) is 8.58. The number of nitrogens with one attached hydrogen (secondary N) is 1. The minimum atomic E-state index is -0.635. The lowest BCUT2D eigenvalue weighted by atomic mass is 9.79. The van der Waals surface area contributed by atoms with Crippen molar-refractivity contribution in [3.63, 3.8) is 0 Å². The number of fused-ring (bicyclic) bond motifs is 3. The molecule has 0 radical (unpaired) electrons. The predicted molar refractivity (Wildman–Crippen MR) is 119 cm³/mol. The van der Waals surface area contributed by atoms with E-state index in [1.54, 1.807) is 12.4 Å². The first-order valence-corrected chi connectivity index (χ1v) is 11.7. The highest BCUT2D eigenvalue weighted by Crippen LogP contribution is 2.51. The summed E-state index contributed by atoms with van der Waals surface area (Å²) in [7, 11) is 0. The molecule has 0 bridgehead atoms. The molecule has 11 heteroatoms. The van der Waals surface area contributed by atoms with E-state index in [1.807, 2.05) is 33.7 Å². The van der Waals surface area contributed by atoms with Crippen LogP contribution in [-0.2, 0) is 16.9 Å². The maximum absolute atomic E-state index is 10.4. The highest BCUT2D eigenvalue weighted by molar-refractivity contribution is 7.16. The van der Waals surface area contributed by atoms with Gasteiger partial charge in [-0.3, -0.25) is 9.38 Å². The lowest BCUT2D eigenvalue weighted by Crippen LogP contribution is -2.50. The minimum absolute atomic E-state index is 0.0251. The molecule has 2 aliphatic heterocycles. The maximum atomic E-state index is 10.4. The first-order chi connectivity index (χ1) is 15.5. The van der Waals surface area contributed by atoms with Crippen molar-refractivity contribution in [2.24, 2.45) is 0 Å². The number of aromatic nitrogens is 6. The van der Waals surface area contributed by atoms with Gasteiger partial charge in [-0.2, -0.15) is 0 Å². The van der Waals surface area contributed by atoms with E-state index in [2.05, 4.69) is 32.5 Å². The largest absolute Gasteiger partial charge is 0.386 e. The van der Waals surface area contributed by atoms with Gasteiger partial charge in [-0.1, -0.05) is 16.8 Å². The Morgan fingerprint density at radius 1 is 1.38 bits per heavy atom. The summed E-state index contributed by atoms with van der Waals surface area (Å²) in [5.41, 5.74) is 3.08. The normalized spacial score (nSPS) is 27.8. The predicted octanol–water partition coefficient (Wildman–Crippen LogP) is 2.86. The molecule has 0 aliphatic carbocycles. The summed E-state index contributed by atoms with van der Waals surface area (Å²) >= 11 is 7.82. The van der Waals surface area contributed by atoms with Crippen molar-refractivity contribution in [1.82, 2.24) is 34.7 Å². The molecule has 0 amide bonds. The summed E-state index contributed by atoms with van der Waals surface area (Å²) in [5, 5.41) is 22.9. The van der Waals surface area contributed by atoms with Gasteiger partial charge in [0.2, 0.25) is 0 Å². The first-order valence-electron chi connectivity index (χ1n) is 10.5. The average Bonchev–Trinajstić information content (AvgIpc) is 3.51. The van der Waals surface area contributed by atoms with Crippen LogP contribution in [0.1, 0.15) is 53.7 Å². The Balaban J connectivity index is 1.28. The van der Waals surface area contributed by atoms with Gasteiger partial charge in [0.1, 0.15) is 11.7 Å². The molecule has 4 aromatic heterocycles. The fraction of sp³-hybridized carbons (Fsp3) is 0.429. The quantitative estimate of drug-likeness (QED) is 0.473. The van der Waals surface area contributed by atoms with Gasteiger partial charge >= 0.3 is 0 Å². The van der Waals surface area contributed by atoms with Gasteiger partial charge in [-0.15, -0.1) is 16.4 Å². The van der Waals surface area contributed by atoms with Crippen LogP contribution in [0.25, 0.3) is 5.65 Å². The highest BCUT2D eigenvalue weighted by atomic mass is 35.5. The van der Waals surface area contributed by atoms with E-state index in [0.717, 1.165) is 33.9 Å². The van der Waals surface area contributed by atoms with Gasteiger partial charge in [0, 0.05) is 35.3 Å². The molecule has 6 heterocycles. The SMILES string of the molecule is C[C@H]1C[C@@]2(C[C@@H](c3cn(Cc4cnc5cnccn45)nn3)N1)OC[C@@H](O)c1cc(Cl)sc12. The van der Waals surface area contributed by atoms with Crippen LogP contribution >= 0.6 is 22.9 Å². The molecule has 32 heavy (non-hydrogen) atoms. The molecule has 2 N–H and O–H groups in total. The van der Waals surface area contributed by atoms with Gasteiger partial charge in [0.15, 0.2) is 5.65 Å². The van der Waals surface area contributed by atoms with Crippen LogP contribution in [0.4, 0.5) is 0 Å². The average molecular weight is 472 g/mol. The molecule has 0 aromatic carbocycles. The van der Waals surface area contributed by atoms with Crippen molar-refractivity contribution in [2.75, 3.05) is 6.61 Å². The molecule has 0 unspecified atom stereocenters. The van der Waals surface area contributed by atoms with Gasteiger partial charge in [-0.25, -0.2) is 9.67 Å². The van der Waals surface area contributed by atoms with Crippen molar-refractivity contribution in [3.05, 3.63) is 63.2 Å². The van der Waals surface area contributed by atoms with Crippen molar-refractivity contribution in [3.8, 4) is 0 Å². The van der Waals surface area contributed by atoms with E-state index in [-0.39, 0.29) is 18.7 Å². The Labute approximate surface area is 193 Å². The fourth-order valence-corrected chi connectivity index (χ4v) is 6.42. The zero-order valence-corrected chi connectivity index (χ0v) is 18.9. The third-order valence-corrected chi connectivity index (χ3v) is 7.77. The summed E-state index contributed by atoms with van der Waals surface area (Å²) in [6, 6.07) is 2.05. The van der Waals surface area contributed by atoms with E-state index >= 15 is 0 Å². The highest BCUT2D eigenvalue weighted by Gasteiger charge is 2.48. The molecule has 9 nitrogen and oxygen atoms in total. The van der Waals surface area contributed by atoms with Crippen LogP contribution in [0.2, 0.25) is 4.34 Å². The third kappa shape index (κ3) is 3.34. The monoisotopic (exact) mass is 471 g/mol. The Kier molecular flexibility index (Phi) is 4.81. The number of piperidine rings is 1. The minimum Gasteiger partial charge on any atom is -0.386 e. The fourth-order valence-electron chi connectivity index (χ4n) is 4.96. The number of imidazole rings is 1. The third-order valence-electron chi connectivity index (χ3n) is 6.31. The Bertz CT molecular complexity index is 1290. The smallest absolute Gasteiger partial charge is 0.155 e. The summed E-state index contributed by atoms with van der Waals surface area (Å²) < 4.78 is 10.8. The molecular weight excluding hydrogens is 450 g/mol. The molecule has 6 rings (SSSR count). The van der Waals surface area contributed by atoms with Crippen LogP contribution in [-0.4, -0.2) is 47.1 Å². The van der Waals surface area contributed by atoms with Crippen LogP contribution < -0.4 is 5.32 Å². The molecule has 0 saturated carbocycles. The molecule has 1 fully saturated rings. The number of nitrogens with zero attached hydrogens (tertiary/aromatic N) is 6. The zero-order chi connectivity index (χ0) is 21.9. The van der Waals surface area contributed by atoms with Gasteiger partial charge in [0.25, 0.3) is 0 Å². The number of hydrogen-bond donors (Lipinski definition) is 2. The number of ether oxygens (including phenoxy) is 1. The number of aliphatic hydroxyl groups is 1. The molecule has 4 atom stereocenters. The molecular formula is C21H22ClN7O2S. The number of aliphatic hydroxyl groups excluding tert-OH is 1. The Hall–Kier alpha value is -2.37. The molecule has 1 spiro atoms. The van der Waals surface area contributed by atoms with Crippen LogP contribution in [0, 0.1) is 0 Å². The van der Waals surface area contributed by atoms with E-state index in [1.165, 1.54) is 11.3 Å². The summed E-state index contributed by atoms with van der Waals surface area (Å²) in [6.45, 7) is 2.97. The van der Waals surface area contributed by atoms with E-state index < -0.39 is 11.7 Å².